The molecule has 0 fully saturated rings. The monoisotopic (exact) mass is 237 g/mol. The minimum atomic E-state index is 0.590. The van der Waals surface area contributed by atoms with Gasteiger partial charge in [-0.2, -0.15) is 0 Å². The van der Waals surface area contributed by atoms with E-state index in [1.54, 1.807) is 0 Å². The maximum Gasteiger partial charge on any atom is 0.00722 e. The Kier molecular flexibility index (Phi) is 5.93. The zero-order valence-corrected chi connectivity index (χ0v) is 11.6. The molecular formula is C14H23NS. The van der Waals surface area contributed by atoms with Gasteiger partial charge >= 0.3 is 0 Å². The van der Waals surface area contributed by atoms with Crippen LogP contribution in [0.5, 0.6) is 0 Å². The quantitative estimate of drug-likeness (QED) is 0.757. The van der Waals surface area contributed by atoms with Crippen LogP contribution < -0.4 is 5.32 Å². The van der Waals surface area contributed by atoms with Gasteiger partial charge in [0.15, 0.2) is 0 Å². The first-order valence-corrected chi connectivity index (χ1v) is 6.99. The average molecular weight is 237 g/mol. The Bertz CT molecular complexity index is 292. The van der Waals surface area contributed by atoms with Crippen LogP contribution in [0.15, 0.2) is 29.2 Å². The first kappa shape index (κ1) is 13.6. The van der Waals surface area contributed by atoms with Crippen molar-refractivity contribution in [3.05, 3.63) is 29.8 Å². The Morgan fingerprint density at radius 2 is 1.75 bits per heavy atom. The first-order chi connectivity index (χ1) is 7.58. The van der Waals surface area contributed by atoms with Crippen molar-refractivity contribution in [2.75, 3.05) is 12.3 Å². The zero-order valence-electron chi connectivity index (χ0n) is 10.8. The highest BCUT2D eigenvalue weighted by atomic mass is 32.2. The van der Waals surface area contributed by atoms with Gasteiger partial charge in [-0.3, -0.25) is 0 Å². The zero-order chi connectivity index (χ0) is 12.0. The summed E-state index contributed by atoms with van der Waals surface area (Å²) >= 11 is 1.95. The maximum atomic E-state index is 3.48. The van der Waals surface area contributed by atoms with Gasteiger partial charge in [0.2, 0.25) is 0 Å². The molecule has 0 aromatic heterocycles. The standard InChI is InChI=1S/C14H23NS/c1-11(2)15-9-13(4)10-16-14-7-5-12(3)6-8-14/h5-8,11,13,15H,9-10H2,1-4H3. The van der Waals surface area contributed by atoms with E-state index in [1.165, 1.54) is 16.2 Å². The van der Waals surface area contributed by atoms with Crippen molar-refractivity contribution in [3.63, 3.8) is 0 Å². The highest BCUT2D eigenvalue weighted by molar-refractivity contribution is 7.99. The minimum Gasteiger partial charge on any atom is -0.314 e. The summed E-state index contributed by atoms with van der Waals surface area (Å²) in [5, 5.41) is 3.48. The molecule has 1 aromatic carbocycles. The number of thioether (sulfide) groups is 1. The van der Waals surface area contributed by atoms with Crippen LogP contribution in [-0.4, -0.2) is 18.3 Å². The summed E-state index contributed by atoms with van der Waals surface area (Å²) in [6, 6.07) is 9.37. The van der Waals surface area contributed by atoms with Crippen molar-refractivity contribution < 1.29 is 0 Å². The van der Waals surface area contributed by atoms with E-state index in [9.17, 15) is 0 Å². The van der Waals surface area contributed by atoms with Crippen molar-refractivity contribution in [2.45, 2.75) is 38.6 Å². The second-order valence-corrected chi connectivity index (χ2v) is 5.89. The molecule has 0 saturated heterocycles. The fraction of sp³-hybridized carbons (Fsp3) is 0.571. The predicted molar refractivity (Wildman–Crippen MR) is 74.2 cm³/mol. The largest absolute Gasteiger partial charge is 0.314 e. The van der Waals surface area contributed by atoms with Crippen molar-refractivity contribution >= 4 is 11.8 Å². The smallest absolute Gasteiger partial charge is 0.00722 e. The second kappa shape index (κ2) is 6.97. The molecule has 0 spiro atoms. The summed E-state index contributed by atoms with van der Waals surface area (Å²) in [7, 11) is 0. The van der Waals surface area contributed by atoms with Crippen molar-refractivity contribution in [2.24, 2.45) is 5.92 Å². The molecule has 16 heavy (non-hydrogen) atoms. The second-order valence-electron chi connectivity index (χ2n) is 4.79. The van der Waals surface area contributed by atoms with E-state index in [4.69, 9.17) is 0 Å². The van der Waals surface area contributed by atoms with Crippen LogP contribution >= 0.6 is 11.8 Å². The highest BCUT2D eigenvalue weighted by Crippen LogP contribution is 2.20. The molecule has 1 rings (SSSR count). The average Bonchev–Trinajstić information content (AvgIpc) is 2.25. The number of hydrogen-bond donors (Lipinski definition) is 1. The third-order valence-corrected chi connectivity index (χ3v) is 3.77. The van der Waals surface area contributed by atoms with Crippen LogP contribution in [0.25, 0.3) is 0 Å². The van der Waals surface area contributed by atoms with Gasteiger partial charge in [0, 0.05) is 16.7 Å². The summed E-state index contributed by atoms with van der Waals surface area (Å²) < 4.78 is 0. The van der Waals surface area contributed by atoms with E-state index in [0.29, 0.717) is 12.0 Å². The molecule has 2 heteroatoms. The summed E-state index contributed by atoms with van der Waals surface area (Å²) in [6.07, 6.45) is 0. The van der Waals surface area contributed by atoms with Gasteiger partial charge in [0.05, 0.1) is 0 Å². The van der Waals surface area contributed by atoms with Gasteiger partial charge in [0.25, 0.3) is 0 Å². The maximum absolute atomic E-state index is 3.48. The number of nitrogens with one attached hydrogen (secondary N) is 1. The Hall–Kier alpha value is -0.470. The fourth-order valence-corrected chi connectivity index (χ4v) is 2.29. The van der Waals surface area contributed by atoms with Crippen molar-refractivity contribution in [3.8, 4) is 0 Å². The Morgan fingerprint density at radius 3 is 2.31 bits per heavy atom. The fourth-order valence-electron chi connectivity index (χ4n) is 1.37. The molecule has 1 unspecified atom stereocenters. The van der Waals surface area contributed by atoms with Crippen LogP contribution in [0.2, 0.25) is 0 Å². The van der Waals surface area contributed by atoms with Gasteiger partial charge in [-0.05, 0) is 31.5 Å². The molecular weight excluding hydrogens is 214 g/mol. The lowest BCUT2D eigenvalue weighted by molar-refractivity contribution is 0.510. The Balaban J connectivity index is 2.26. The van der Waals surface area contributed by atoms with E-state index in [1.807, 2.05) is 11.8 Å². The van der Waals surface area contributed by atoms with Gasteiger partial charge in [-0.15, -0.1) is 11.8 Å². The molecule has 1 aromatic rings. The van der Waals surface area contributed by atoms with E-state index >= 15 is 0 Å². The molecule has 0 heterocycles. The van der Waals surface area contributed by atoms with Crippen molar-refractivity contribution in [1.29, 1.82) is 0 Å². The molecule has 1 atom stereocenters. The lowest BCUT2D eigenvalue weighted by Gasteiger charge is -2.14. The van der Waals surface area contributed by atoms with E-state index in [-0.39, 0.29) is 0 Å². The molecule has 0 amide bonds. The summed E-state index contributed by atoms with van der Waals surface area (Å²) in [5.74, 6) is 1.90. The molecule has 0 bridgehead atoms. The summed E-state index contributed by atoms with van der Waals surface area (Å²) in [5.41, 5.74) is 1.33. The van der Waals surface area contributed by atoms with Gasteiger partial charge in [-0.1, -0.05) is 38.5 Å². The molecule has 0 saturated carbocycles. The summed E-state index contributed by atoms with van der Waals surface area (Å²) in [6.45, 7) is 9.93. The van der Waals surface area contributed by atoms with Crippen LogP contribution in [0.4, 0.5) is 0 Å². The number of aryl methyl sites for hydroxylation is 1. The number of hydrogen-bond acceptors (Lipinski definition) is 2. The van der Waals surface area contributed by atoms with Crippen LogP contribution in [0.1, 0.15) is 26.3 Å². The molecule has 90 valence electrons. The van der Waals surface area contributed by atoms with Gasteiger partial charge < -0.3 is 5.32 Å². The normalized spacial score (nSPS) is 13.1. The van der Waals surface area contributed by atoms with E-state index in [0.717, 1.165) is 6.54 Å². The molecule has 1 N–H and O–H groups in total. The molecule has 0 aliphatic carbocycles. The van der Waals surface area contributed by atoms with E-state index in [2.05, 4.69) is 57.3 Å². The Labute approximate surface area is 104 Å². The van der Waals surface area contributed by atoms with Gasteiger partial charge in [0.1, 0.15) is 0 Å². The summed E-state index contributed by atoms with van der Waals surface area (Å²) in [4.78, 5) is 1.38. The molecule has 0 aliphatic heterocycles. The lowest BCUT2D eigenvalue weighted by atomic mass is 10.2. The molecule has 0 aliphatic rings. The third-order valence-electron chi connectivity index (χ3n) is 2.43. The number of rotatable bonds is 6. The van der Waals surface area contributed by atoms with Gasteiger partial charge in [-0.25, -0.2) is 0 Å². The third kappa shape index (κ3) is 5.57. The lowest BCUT2D eigenvalue weighted by Crippen LogP contribution is -2.28. The topological polar surface area (TPSA) is 12.0 Å². The minimum absolute atomic E-state index is 0.590. The van der Waals surface area contributed by atoms with Crippen LogP contribution in [0.3, 0.4) is 0 Å². The van der Waals surface area contributed by atoms with Crippen molar-refractivity contribution in [1.82, 2.24) is 5.32 Å². The molecule has 1 nitrogen and oxygen atoms in total. The van der Waals surface area contributed by atoms with Crippen LogP contribution in [-0.2, 0) is 0 Å². The highest BCUT2D eigenvalue weighted by Gasteiger charge is 2.03. The number of benzene rings is 1. The van der Waals surface area contributed by atoms with E-state index < -0.39 is 0 Å². The molecule has 0 radical (unpaired) electrons. The first-order valence-electron chi connectivity index (χ1n) is 6.00. The predicted octanol–water partition coefficient (Wildman–Crippen LogP) is 3.72. The Morgan fingerprint density at radius 1 is 1.12 bits per heavy atom. The van der Waals surface area contributed by atoms with Crippen LogP contribution in [0, 0.1) is 12.8 Å². The SMILES string of the molecule is Cc1ccc(SCC(C)CNC(C)C)cc1.